The summed E-state index contributed by atoms with van der Waals surface area (Å²) in [5.74, 6) is -0.0943. The van der Waals surface area contributed by atoms with Gasteiger partial charge in [-0.1, -0.05) is 26.8 Å². The Labute approximate surface area is 589 Å². The first-order valence-corrected chi connectivity index (χ1v) is 32.7. The number of nitrogens with zero attached hydrogens (tertiary/aromatic N) is 11. The predicted molar refractivity (Wildman–Crippen MR) is 368 cm³/mol. The monoisotopic (exact) mass is 1420 g/mol. The molecule has 1 aromatic carbocycles. The third kappa shape index (κ3) is 17.2. The number of anilines is 3. The number of carbonyl (C=O) groups is 3. The van der Waals surface area contributed by atoms with Crippen LogP contribution in [0.1, 0.15) is 137 Å². The molecule has 0 unspecified atom stereocenters. The summed E-state index contributed by atoms with van der Waals surface area (Å²) in [5.41, 5.74) is 8.04. The number of amides is 3. The van der Waals surface area contributed by atoms with Crippen LogP contribution in [0.2, 0.25) is 0 Å². The lowest BCUT2D eigenvalue weighted by Gasteiger charge is -2.39. The first kappa shape index (κ1) is 74.7. The zero-order valence-corrected chi connectivity index (χ0v) is 58.3. The molecular weight excluding hydrogens is 1340 g/mol. The number of halogens is 6. The van der Waals surface area contributed by atoms with Gasteiger partial charge in [-0.3, -0.25) is 29.3 Å². The van der Waals surface area contributed by atoms with Crippen molar-refractivity contribution in [3.63, 3.8) is 0 Å². The van der Waals surface area contributed by atoms with Crippen LogP contribution in [-0.4, -0.2) is 127 Å². The molecule has 3 fully saturated rings. The number of carbonyl (C=O) groups excluding carboxylic acids is 3. The van der Waals surface area contributed by atoms with Crippen LogP contribution in [0.4, 0.5) is 43.4 Å². The molecule has 11 heterocycles. The second-order valence-corrected chi connectivity index (χ2v) is 26.1. The van der Waals surface area contributed by atoms with Gasteiger partial charge in [0.15, 0.2) is 5.69 Å². The van der Waals surface area contributed by atoms with Gasteiger partial charge < -0.3 is 44.4 Å². The first-order chi connectivity index (χ1) is 48.9. The molecule has 0 spiro atoms. The molecule has 29 heteroatoms. The Kier molecular flexibility index (Phi) is 22.3. The van der Waals surface area contributed by atoms with Crippen LogP contribution < -0.4 is 30.2 Å². The highest BCUT2D eigenvalue weighted by molar-refractivity contribution is 6.06. The van der Waals surface area contributed by atoms with Crippen LogP contribution in [0.5, 0.6) is 17.6 Å². The smallest absolute Gasteiger partial charge is 0.435 e. The van der Waals surface area contributed by atoms with Gasteiger partial charge in [-0.15, -0.1) is 5.10 Å². The van der Waals surface area contributed by atoms with Gasteiger partial charge in [0.1, 0.15) is 0 Å². The largest absolute Gasteiger partial charge is 0.478 e. The molecule has 0 bridgehead atoms. The van der Waals surface area contributed by atoms with E-state index in [0.717, 1.165) is 79.8 Å². The number of pyridine rings is 6. The lowest BCUT2D eigenvalue weighted by molar-refractivity contribution is -0.141. The highest BCUT2D eigenvalue weighted by Crippen LogP contribution is 2.43. The average molecular weight is 1420 g/mol. The summed E-state index contributed by atoms with van der Waals surface area (Å²) in [6.45, 7) is 26.0. The third-order valence-corrected chi connectivity index (χ3v) is 17.4. The molecule has 8 aromatic heterocycles. The molecule has 12 rings (SSSR count). The Hall–Kier alpha value is -11.0. The fraction of sp³-hybridized carbons (Fsp3) is 0.351. The molecule has 9 aromatic rings. The summed E-state index contributed by atoms with van der Waals surface area (Å²) >= 11 is 0. The number of benzene rings is 1. The Balaban J connectivity index is 0.000000166. The van der Waals surface area contributed by atoms with E-state index >= 15 is 0 Å². The maximum atomic E-state index is 13.0. The number of nitriles is 1. The fourth-order valence-electron chi connectivity index (χ4n) is 11.2. The lowest BCUT2D eigenvalue weighted by Crippen LogP contribution is -2.44. The van der Waals surface area contributed by atoms with Crippen LogP contribution in [0.3, 0.4) is 0 Å². The van der Waals surface area contributed by atoms with Crippen molar-refractivity contribution in [3.05, 3.63) is 190 Å². The zero-order chi connectivity index (χ0) is 74.2. The van der Waals surface area contributed by atoms with Gasteiger partial charge in [-0.25, -0.2) is 15.0 Å². The van der Waals surface area contributed by atoms with E-state index in [1.807, 2.05) is 65.8 Å². The highest BCUT2D eigenvalue weighted by Gasteiger charge is 2.42. The minimum absolute atomic E-state index is 0.163. The Morgan fingerprint density at radius 1 is 0.485 bits per heavy atom. The maximum absolute atomic E-state index is 13.0. The summed E-state index contributed by atoms with van der Waals surface area (Å²) in [5, 5.41) is 31.7. The van der Waals surface area contributed by atoms with E-state index < -0.39 is 40.8 Å². The molecule has 23 nitrogen and oxygen atoms in total. The molecule has 103 heavy (non-hydrogen) atoms. The van der Waals surface area contributed by atoms with Crippen molar-refractivity contribution in [1.82, 2.24) is 50.3 Å². The number of hydrogen-bond donors (Lipinski definition) is 3. The maximum Gasteiger partial charge on any atom is 0.435 e. The summed E-state index contributed by atoms with van der Waals surface area (Å²) in [7, 11) is 0. The van der Waals surface area contributed by atoms with E-state index in [4.69, 9.17) is 28.4 Å². The van der Waals surface area contributed by atoms with E-state index in [0.29, 0.717) is 123 Å². The van der Waals surface area contributed by atoms with Crippen molar-refractivity contribution in [2.75, 3.05) is 75.4 Å². The fourth-order valence-corrected chi connectivity index (χ4v) is 11.2. The van der Waals surface area contributed by atoms with Crippen molar-refractivity contribution in [2.24, 2.45) is 0 Å². The normalized spacial score (nSPS) is 14.8. The summed E-state index contributed by atoms with van der Waals surface area (Å²) in [4.78, 5) is 64.1. The minimum atomic E-state index is -4.69. The number of rotatable bonds is 19. The summed E-state index contributed by atoms with van der Waals surface area (Å²) in [6.07, 6.45) is 3.01. The number of aryl methyl sites for hydroxylation is 3. The second kappa shape index (κ2) is 30.7. The van der Waals surface area contributed by atoms with E-state index in [-0.39, 0.29) is 33.3 Å². The first-order valence-electron chi connectivity index (χ1n) is 32.7. The molecule has 3 saturated heterocycles. The summed E-state index contributed by atoms with van der Waals surface area (Å²) < 4.78 is 111. The highest BCUT2D eigenvalue weighted by atomic mass is 19.4. The van der Waals surface area contributed by atoms with E-state index in [1.165, 1.54) is 12.4 Å². The number of ether oxygens (including phenoxy) is 6. The molecular formula is C74H74F6N14O9. The van der Waals surface area contributed by atoms with Crippen LogP contribution >= 0.6 is 0 Å². The number of aromatic nitrogens is 10. The van der Waals surface area contributed by atoms with Gasteiger partial charge in [0, 0.05) is 109 Å². The standard InChI is InChI=1S/C26H28N6O3.2C24H23F3N4O3/c1-6-35-24-21(26(5)14-34-15-26)7-17(10-29-24)20-9-19(12-28-16(20)2)31-23(33)18-8-22(32-30-11-18)25(3,4)13-27;1-4-34-22-20(23(3)12-33-13-23)6-15(9-30-22)19-7-18(11-29-14(19)2)31-21(32)16-5-17(10-28-8-16)24(25,26)27;1-4-34-22-19(23(3)12-33-13-23)7-15(10-28-22)18-9-17(6-5-14(18)2)30-21(32)16-8-20(24(25,26)27)31-29-11-16/h7-12H,6,14-15H2,1-5H3,(H,31,33);5-11H,4,12-13H2,1-3H3,(H,31,32);5-11H,4,12-13H2,1-3H3,(H,30,32). The van der Waals surface area contributed by atoms with Crippen molar-refractivity contribution in [2.45, 2.75) is 110 Å². The van der Waals surface area contributed by atoms with Gasteiger partial charge in [0.05, 0.1) is 135 Å². The van der Waals surface area contributed by atoms with Crippen LogP contribution in [0.25, 0.3) is 33.4 Å². The van der Waals surface area contributed by atoms with Gasteiger partial charge in [-0.05, 0) is 127 Å². The Morgan fingerprint density at radius 2 is 0.874 bits per heavy atom. The van der Waals surface area contributed by atoms with Crippen molar-refractivity contribution in [3.8, 4) is 57.1 Å². The molecule has 3 N–H and O–H groups in total. The molecule has 0 aliphatic carbocycles. The van der Waals surface area contributed by atoms with Gasteiger partial charge in [-0.2, -0.15) is 46.9 Å². The number of hydrogen-bond acceptors (Lipinski definition) is 20. The van der Waals surface area contributed by atoms with E-state index in [1.54, 1.807) is 62.9 Å². The topological polar surface area (TPSA) is 295 Å². The van der Waals surface area contributed by atoms with Crippen molar-refractivity contribution in [1.29, 1.82) is 5.26 Å². The molecule has 3 aliphatic rings. The molecule has 536 valence electrons. The molecule has 0 atom stereocenters. The third-order valence-electron chi connectivity index (χ3n) is 17.4. The molecule has 0 radical (unpaired) electrons. The van der Waals surface area contributed by atoms with Crippen molar-refractivity contribution >= 4 is 34.8 Å². The Morgan fingerprint density at radius 3 is 1.26 bits per heavy atom. The van der Waals surface area contributed by atoms with Crippen LogP contribution in [-0.2, 0) is 48.2 Å². The second-order valence-electron chi connectivity index (χ2n) is 26.1. The number of alkyl halides is 6. The minimum Gasteiger partial charge on any atom is -0.478 e. The van der Waals surface area contributed by atoms with Gasteiger partial charge >= 0.3 is 12.4 Å². The molecule has 3 amide bonds. The zero-order valence-electron chi connectivity index (χ0n) is 58.3. The van der Waals surface area contributed by atoms with Gasteiger partial charge in [0.25, 0.3) is 17.7 Å². The summed E-state index contributed by atoms with van der Waals surface area (Å²) in [6, 6.07) is 20.1. The van der Waals surface area contributed by atoms with Crippen molar-refractivity contribution < 1.29 is 69.1 Å². The quantitative estimate of drug-likeness (QED) is 0.0634. The molecule has 0 saturated carbocycles. The number of nitrogens with one attached hydrogen (secondary N) is 3. The SMILES string of the molecule is CCOc1ncc(-c2cc(NC(=O)c3cncc(C(F)(F)F)c3)cnc2C)cc1C1(C)COC1.CCOc1ncc(-c2cc(NC(=O)c3cnnc(C(C)(C)C#N)c3)cnc2C)cc1C1(C)COC1.CCOc1ncc(-c2cc(NC(=O)c3cnnc(C(F)(F)F)c3)ccc2C)cc1C1(C)COC1. The Bertz CT molecular complexity index is 4500. The predicted octanol–water partition coefficient (Wildman–Crippen LogP) is 13.6. The van der Waals surface area contributed by atoms with Gasteiger partial charge in [0.2, 0.25) is 17.6 Å². The van der Waals surface area contributed by atoms with E-state index in [2.05, 4.69) is 99.2 Å². The average Bonchev–Trinajstić information content (AvgIpc) is 0.775. The van der Waals surface area contributed by atoms with Crippen LogP contribution in [0.15, 0.2) is 123 Å². The lowest BCUT2D eigenvalue weighted by atomic mass is 9.80. The molecule has 3 aliphatic heterocycles. The van der Waals surface area contributed by atoms with Crippen LogP contribution in [0, 0.1) is 32.1 Å². The van der Waals surface area contributed by atoms with E-state index in [9.17, 15) is 46.0 Å².